The molecule has 0 nitrogen and oxygen atoms in total. The van der Waals surface area contributed by atoms with Gasteiger partial charge in [0.1, 0.15) is 0 Å². The molecule has 0 aromatic carbocycles. The summed E-state index contributed by atoms with van der Waals surface area (Å²) in [6, 6.07) is 0. The normalized spacial score (nSPS) is 16.4. The molecule has 0 unspecified atom stereocenters. The van der Waals surface area contributed by atoms with Gasteiger partial charge in [-0.05, 0) is 22.6 Å². The van der Waals surface area contributed by atoms with Gasteiger partial charge >= 0.3 is 17.8 Å². The average molecular weight is 354 g/mol. The van der Waals surface area contributed by atoms with Gasteiger partial charge in [-0.3, -0.25) is 0 Å². The molecule has 0 amide bonds. The third-order valence-electron chi connectivity index (χ3n) is 1.39. The molecule has 0 bridgehead atoms. The topological polar surface area (TPSA) is 0 Å². The highest BCUT2D eigenvalue weighted by atomic mass is 127. The molecular weight excluding hydrogens is 351 g/mol. The maximum Gasteiger partial charge on any atom is 0.378 e. The second kappa shape index (κ2) is 4.06. The van der Waals surface area contributed by atoms with E-state index in [0.29, 0.717) is 22.6 Å². The lowest BCUT2D eigenvalue weighted by molar-refractivity contribution is -0.293. The van der Waals surface area contributed by atoms with Crippen molar-refractivity contribution >= 4 is 22.6 Å². The van der Waals surface area contributed by atoms with Gasteiger partial charge in [0, 0.05) is 6.92 Å². The molecule has 0 aromatic heterocycles. The van der Waals surface area contributed by atoms with Crippen LogP contribution in [0.15, 0.2) is 9.66 Å². The summed E-state index contributed by atoms with van der Waals surface area (Å²) in [5, 5.41) is 0. The summed E-state index contributed by atoms with van der Waals surface area (Å²) < 4.78 is 95.7. The molecule has 15 heavy (non-hydrogen) atoms. The van der Waals surface area contributed by atoms with E-state index < -0.39 is 34.4 Å². The molecule has 0 heterocycles. The Kier molecular flexibility index (Phi) is 4.03. The van der Waals surface area contributed by atoms with E-state index in [1.54, 1.807) is 0 Å². The highest BCUT2D eigenvalue weighted by molar-refractivity contribution is 14.1. The summed E-state index contributed by atoms with van der Waals surface area (Å²) in [7, 11) is 0. The van der Waals surface area contributed by atoms with E-state index in [1.807, 2.05) is 0 Å². The fourth-order valence-corrected chi connectivity index (χ4v) is 0.871. The standard InChI is InChI=1S/C6H3F8I/c1-4(9,10)6(13,14)5(11,12)2(7)3(8)15/h1H3. The smallest absolute Gasteiger partial charge is 0.201 e. The van der Waals surface area contributed by atoms with Crippen LogP contribution in [0.2, 0.25) is 0 Å². The van der Waals surface area contributed by atoms with E-state index in [-0.39, 0.29) is 0 Å². The number of allylic oxidation sites excluding steroid dienone is 1. The fraction of sp³-hybridized carbons (Fsp3) is 0.667. The van der Waals surface area contributed by atoms with E-state index in [0.717, 1.165) is 0 Å². The van der Waals surface area contributed by atoms with Gasteiger partial charge in [-0.15, -0.1) is 0 Å². The van der Waals surface area contributed by atoms with E-state index in [4.69, 9.17) is 0 Å². The van der Waals surface area contributed by atoms with Gasteiger partial charge < -0.3 is 0 Å². The van der Waals surface area contributed by atoms with Crippen molar-refractivity contribution in [1.29, 1.82) is 0 Å². The molecule has 0 saturated carbocycles. The molecule has 0 aromatic rings. The van der Waals surface area contributed by atoms with Crippen molar-refractivity contribution in [3.63, 3.8) is 0 Å². The van der Waals surface area contributed by atoms with Gasteiger partial charge in [0.05, 0.1) is 0 Å². The van der Waals surface area contributed by atoms with Gasteiger partial charge in [0.15, 0.2) is 3.83 Å². The summed E-state index contributed by atoms with van der Waals surface area (Å²) in [5.74, 6) is -20.3. The molecule has 0 aliphatic heterocycles. The number of alkyl halides is 6. The van der Waals surface area contributed by atoms with Crippen molar-refractivity contribution < 1.29 is 35.1 Å². The van der Waals surface area contributed by atoms with E-state index in [1.165, 1.54) is 0 Å². The lowest BCUT2D eigenvalue weighted by Crippen LogP contribution is -2.53. The summed E-state index contributed by atoms with van der Waals surface area (Å²) in [5.41, 5.74) is 0. The van der Waals surface area contributed by atoms with Crippen LogP contribution >= 0.6 is 22.6 Å². The Morgan fingerprint density at radius 1 is 0.933 bits per heavy atom. The van der Waals surface area contributed by atoms with Gasteiger partial charge in [-0.1, -0.05) is 0 Å². The molecule has 0 fully saturated rings. The Balaban J connectivity index is 5.49. The van der Waals surface area contributed by atoms with Crippen molar-refractivity contribution in [1.82, 2.24) is 0 Å². The molecule has 0 N–H and O–H groups in total. The highest BCUT2D eigenvalue weighted by Crippen LogP contribution is 2.50. The first-order valence-electron chi connectivity index (χ1n) is 3.20. The van der Waals surface area contributed by atoms with Crippen LogP contribution in [0.1, 0.15) is 6.92 Å². The molecule has 0 aliphatic rings. The SMILES string of the molecule is CC(F)(F)C(F)(F)C(F)(F)C(F)=C(F)I. The van der Waals surface area contributed by atoms with Crippen molar-refractivity contribution in [2.45, 2.75) is 24.7 Å². The van der Waals surface area contributed by atoms with Crippen LogP contribution in [0, 0.1) is 0 Å². The monoisotopic (exact) mass is 354 g/mol. The zero-order valence-electron chi connectivity index (χ0n) is 6.90. The molecular formula is C6H3F8I. The predicted octanol–water partition coefficient (Wildman–Crippen LogP) is 4.46. The summed E-state index contributed by atoms with van der Waals surface area (Å²) in [6.45, 7) is -0.515. The van der Waals surface area contributed by atoms with E-state index in [9.17, 15) is 35.1 Å². The van der Waals surface area contributed by atoms with Crippen molar-refractivity contribution in [2.75, 3.05) is 0 Å². The van der Waals surface area contributed by atoms with Gasteiger partial charge in [0.25, 0.3) is 0 Å². The minimum Gasteiger partial charge on any atom is -0.201 e. The fourth-order valence-electron chi connectivity index (χ4n) is 0.532. The largest absolute Gasteiger partial charge is 0.378 e. The number of halogens is 9. The van der Waals surface area contributed by atoms with Crippen LogP contribution in [0.4, 0.5) is 35.1 Å². The number of hydrogen-bond donors (Lipinski definition) is 0. The van der Waals surface area contributed by atoms with Crippen LogP contribution < -0.4 is 0 Å². The molecule has 0 radical (unpaired) electrons. The quantitative estimate of drug-likeness (QED) is 0.519. The minimum atomic E-state index is -6.01. The molecule has 0 rings (SSSR count). The van der Waals surface area contributed by atoms with Crippen LogP contribution in [0.3, 0.4) is 0 Å². The second-order valence-corrected chi connectivity index (χ2v) is 3.56. The molecule has 0 saturated heterocycles. The van der Waals surface area contributed by atoms with E-state index in [2.05, 4.69) is 0 Å². The highest BCUT2D eigenvalue weighted by Gasteiger charge is 2.72. The molecule has 0 aliphatic carbocycles. The number of hydrogen-bond acceptors (Lipinski definition) is 0. The Morgan fingerprint density at radius 3 is 1.47 bits per heavy atom. The first-order valence-corrected chi connectivity index (χ1v) is 4.28. The summed E-state index contributed by atoms with van der Waals surface area (Å²) in [4.78, 5) is 0. The predicted molar refractivity (Wildman–Crippen MR) is 43.8 cm³/mol. The second-order valence-electron chi connectivity index (χ2n) is 2.61. The summed E-state index contributed by atoms with van der Waals surface area (Å²) >= 11 is 0.342. The van der Waals surface area contributed by atoms with Crippen LogP contribution in [0.25, 0.3) is 0 Å². The molecule has 90 valence electrons. The van der Waals surface area contributed by atoms with Gasteiger partial charge in [-0.25, -0.2) is 4.39 Å². The average Bonchev–Trinajstić information content (AvgIpc) is 2.00. The minimum absolute atomic E-state index is 0.342. The van der Waals surface area contributed by atoms with E-state index >= 15 is 0 Å². The van der Waals surface area contributed by atoms with Crippen LogP contribution in [0.5, 0.6) is 0 Å². The third-order valence-corrected chi connectivity index (χ3v) is 1.86. The van der Waals surface area contributed by atoms with Crippen LogP contribution in [-0.4, -0.2) is 17.8 Å². The Bertz CT molecular complexity index is 271. The molecule has 0 atom stereocenters. The third kappa shape index (κ3) is 2.53. The maximum atomic E-state index is 12.4. The maximum absolute atomic E-state index is 12.4. The van der Waals surface area contributed by atoms with Crippen molar-refractivity contribution in [3.05, 3.63) is 9.66 Å². The number of rotatable bonds is 3. The van der Waals surface area contributed by atoms with Gasteiger partial charge in [0.2, 0.25) is 5.83 Å². The Labute approximate surface area is 92.5 Å². The Hall–Kier alpha value is -0.0900. The first-order chi connectivity index (χ1) is 6.35. The zero-order chi connectivity index (χ0) is 12.7. The van der Waals surface area contributed by atoms with Crippen LogP contribution in [-0.2, 0) is 0 Å². The summed E-state index contributed by atoms with van der Waals surface area (Å²) in [6.07, 6.45) is 0. The first kappa shape index (κ1) is 14.9. The molecule has 0 spiro atoms. The Morgan fingerprint density at radius 2 is 1.27 bits per heavy atom. The zero-order valence-corrected chi connectivity index (χ0v) is 9.06. The van der Waals surface area contributed by atoms with Crippen molar-refractivity contribution in [2.24, 2.45) is 0 Å². The lowest BCUT2D eigenvalue weighted by Gasteiger charge is -2.29. The van der Waals surface area contributed by atoms with Crippen molar-refractivity contribution in [3.8, 4) is 0 Å². The lowest BCUT2D eigenvalue weighted by atomic mass is 10.1. The molecule has 9 heteroatoms. The van der Waals surface area contributed by atoms with Gasteiger partial charge in [-0.2, -0.15) is 30.7 Å².